The fraction of sp³-hybridized carbons (Fsp3) is 0.462. The SMILES string of the molecule is C=C1CCC(=O)c2c3c(nn2C1)CCN(C(=O)O)C3. The number of rotatable bonds is 0. The van der Waals surface area contributed by atoms with Crippen molar-refractivity contribution < 1.29 is 14.7 Å². The number of fused-ring (bicyclic) bond motifs is 3. The first-order valence-corrected chi connectivity index (χ1v) is 6.32. The number of ketones is 1. The summed E-state index contributed by atoms with van der Waals surface area (Å²) in [6.07, 6.45) is 0.737. The van der Waals surface area contributed by atoms with Gasteiger partial charge in [0.2, 0.25) is 0 Å². The van der Waals surface area contributed by atoms with E-state index in [4.69, 9.17) is 5.11 Å². The van der Waals surface area contributed by atoms with Gasteiger partial charge >= 0.3 is 6.09 Å². The first-order valence-electron chi connectivity index (χ1n) is 6.32. The van der Waals surface area contributed by atoms with E-state index in [1.54, 1.807) is 4.68 Å². The zero-order valence-corrected chi connectivity index (χ0v) is 10.6. The highest BCUT2D eigenvalue weighted by Crippen LogP contribution is 2.27. The first kappa shape index (κ1) is 12.0. The lowest BCUT2D eigenvalue weighted by Gasteiger charge is -2.23. The average molecular weight is 261 g/mol. The summed E-state index contributed by atoms with van der Waals surface area (Å²) in [5, 5.41) is 13.5. The van der Waals surface area contributed by atoms with E-state index >= 15 is 0 Å². The van der Waals surface area contributed by atoms with E-state index in [9.17, 15) is 9.59 Å². The van der Waals surface area contributed by atoms with E-state index < -0.39 is 6.09 Å². The van der Waals surface area contributed by atoms with Gasteiger partial charge in [0.15, 0.2) is 5.78 Å². The Morgan fingerprint density at radius 3 is 2.79 bits per heavy atom. The highest BCUT2D eigenvalue weighted by molar-refractivity contribution is 5.96. The van der Waals surface area contributed by atoms with Crippen LogP contribution in [0.1, 0.15) is 34.6 Å². The quantitative estimate of drug-likeness (QED) is 0.717. The van der Waals surface area contributed by atoms with Crippen molar-refractivity contribution in [3.63, 3.8) is 0 Å². The van der Waals surface area contributed by atoms with Gasteiger partial charge in [0.05, 0.1) is 18.8 Å². The zero-order valence-electron chi connectivity index (χ0n) is 10.6. The van der Waals surface area contributed by atoms with Crippen molar-refractivity contribution in [2.24, 2.45) is 0 Å². The van der Waals surface area contributed by atoms with Crippen LogP contribution in [0, 0.1) is 0 Å². The molecule has 19 heavy (non-hydrogen) atoms. The molecule has 0 radical (unpaired) electrons. The van der Waals surface area contributed by atoms with Crippen LogP contribution in [0.25, 0.3) is 0 Å². The minimum absolute atomic E-state index is 0.0413. The van der Waals surface area contributed by atoms with E-state index in [1.807, 2.05) is 0 Å². The van der Waals surface area contributed by atoms with E-state index in [2.05, 4.69) is 11.7 Å². The largest absolute Gasteiger partial charge is 0.465 e. The number of allylic oxidation sites excluding steroid dienone is 1. The van der Waals surface area contributed by atoms with Crippen LogP contribution in [0.15, 0.2) is 12.2 Å². The summed E-state index contributed by atoms with van der Waals surface area (Å²) in [5.74, 6) is 0.0413. The molecule has 0 unspecified atom stereocenters. The summed E-state index contributed by atoms with van der Waals surface area (Å²) in [6, 6.07) is 0. The number of amides is 1. The van der Waals surface area contributed by atoms with Crippen molar-refractivity contribution in [2.75, 3.05) is 6.54 Å². The Kier molecular flexibility index (Phi) is 2.66. The smallest absolute Gasteiger partial charge is 0.407 e. The highest BCUT2D eigenvalue weighted by atomic mass is 16.4. The molecule has 0 aliphatic carbocycles. The van der Waals surface area contributed by atoms with E-state index in [1.165, 1.54) is 4.90 Å². The molecule has 0 atom stereocenters. The van der Waals surface area contributed by atoms with Gasteiger partial charge in [-0.05, 0) is 6.42 Å². The molecule has 0 saturated carbocycles. The molecule has 1 aromatic rings. The lowest BCUT2D eigenvalue weighted by molar-refractivity contribution is 0.0973. The van der Waals surface area contributed by atoms with Crippen molar-refractivity contribution in [3.05, 3.63) is 29.1 Å². The summed E-state index contributed by atoms with van der Waals surface area (Å²) in [4.78, 5) is 24.6. The predicted molar refractivity (Wildman–Crippen MR) is 67.1 cm³/mol. The van der Waals surface area contributed by atoms with Crippen LogP contribution in [0.5, 0.6) is 0 Å². The normalized spacial score (nSPS) is 18.8. The number of carbonyl (C=O) groups is 2. The molecule has 3 heterocycles. The summed E-state index contributed by atoms with van der Waals surface area (Å²) < 4.78 is 1.70. The van der Waals surface area contributed by atoms with Gasteiger partial charge in [-0.3, -0.25) is 9.48 Å². The monoisotopic (exact) mass is 261 g/mol. The number of nitrogens with zero attached hydrogens (tertiary/aromatic N) is 3. The topological polar surface area (TPSA) is 75.4 Å². The predicted octanol–water partition coefficient (Wildman–Crippen LogP) is 1.45. The Bertz CT molecular complexity index is 588. The second-order valence-electron chi connectivity index (χ2n) is 5.06. The maximum atomic E-state index is 12.2. The van der Waals surface area contributed by atoms with Gasteiger partial charge in [0.25, 0.3) is 0 Å². The zero-order chi connectivity index (χ0) is 13.6. The van der Waals surface area contributed by atoms with E-state index in [0.29, 0.717) is 38.0 Å². The minimum Gasteiger partial charge on any atom is -0.465 e. The molecule has 2 aliphatic heterocycles. The van der Waals surface area contributed by atoms with Crippen LogP contribution in [0.2, 0.25) is 0 Å². The Labute approximate surface area is 110 Å². The standard InChI is InChI=1S/C13H15N3O3/c1-8-2-3-11(17)12-9-7-15(13(18)19)5-4-10(9)14-16(12)6-8/h1-7H2,(H,18,19). The minimum atomic E-state index is -0.948. The molecule has 2 aliphatic rings. The van der Waals surface area contributed by atoms with Crippen LogP contribution in [-0.2, 0) is 19.5 Å². The molecule has 0 aromatic carbocycles. The molecule has 100 valence electrons. The van der Waals surface area contributed by atoms with Crippen LogP contribution >= 0.6 is 0 Å². The third kappa shape index (κ3) is 1.93. The summed E-state index contributed by atoms with van der Waals surface area (Å²) in [6.45, 7) is 5.20. The van der Waals surface area contributed by atoms with E-state index in [0.717, 1.165) is 16.8 Å². The molecule has 6 nitrogen and oxygen atoms in total. The van der Waals surface area contributed by atoms with Gasteiger partial charge in [-0.15, -0.1) is 0 Å². The maximum Gasteiger partial charge on any atom is 0.407 e. The Morgan fingerprint density at radius 1 is 1.26 bits per heavy atom. The molecule has 0 bridgehead atoms. The number of carbonyl (C=O) groups excluding carboxylic acids is 1. The first-order chi connectivity index (χ1) is 9.06. The van der Waals surface area contributed by atoms with Gasteiger partial charge in [-0.25, -0.2) is 4.79 Å². The highest BCUT2D eigenvalue weighted by Gasteiger charge is 2.31. The van der Waals surface area contributed by atoms with Gasteiger partial charge in [-0.1, -0.05) is 12.2 Å². The number of Topliss-reactive ketones (excluding diaryl/α,β-unsaturated/α-hetero) is 1. The van der Waals surface area contributed by atoms with Crippen molar-refractivity contribution in [1.29, 1.82) is 0 Å². The van der Waals surface area contributed by atoms with Gasteiger partial charge in [0, 0.05) is 24.9 Å². The molecule has 1 aromatic heterocycles. The Morgan fingerprint density at radius 2 is 2.05 bits per heavy atom. The molecule has 6 heteroatoms. The molecular weight excluding hydrogens is 246 g/mol. The Hall–Kier alpha value is -2.11. The van der Waals surface area contributed by atoms with Crippen molar-refractivity contribution in [1.82, 2.24) is 14.7 Å². The fourth-order valence-corrected chi connectivity index (χ4v) is 2.72. The Balaban J connectivity index is 2.05. The number of hydrogen-bond acceptors (Lipinski definition) is 3. The van der Waals surface area contributed by atoms with Crippen molar-refractivity contribution in [3.8, 4) is 0 Å². The van der Waals surface area contributed by atoms with Crippen LogP contribution in [-0.4, -0.2) is 38.2 Å². The fourth-order valence-electron chi connectivity index (χ4n) is 2.72. The third-order valence-corrected chi connectivity index (χ3v) is 3.71. The maximum absolute atomic E-state index is 12.2. The van der Waals surface area contributed by atoms with Crippen molar-refractivity contribution in [2.45, 2.75) is 32.4 Å². The third-order valence-electron chi connectivity index (χ3n) is 3.71. The summed E-state index contributed by atoms with van der Waals surface area (Å²) >= 11 is 0. The number of hydrogen-bond donors (Lipinski definition) is 1. The van der Waals surface area contributed by atoms with E-state index in [-0.39, 0.29) is 12.3 Å². The molecule has 0 fully saturated rings. The van der Waals surface area contributed by atoms with Crippen LogP contribution in [0.4, 0.5) is 4.79 Å². The molecule has 3 rings (SSSR count). The number of carboxylic acid groups (broad SMARTS) is 1. The molecule has 0 spiro atoms. The van der Waals surface area contributed by atoms with Gasteiger partial charge in [0.1, 0.15) is 5.69 Å². The molecule has 1 N–H and O–H groups in total. The number of aromatic nitrogens is 2. The summed E-state index contributed by atoms with van der Waals surface area (Å²) in [5.41, 5.74) is 3.21. The van der Waals surface area contributed by atoms with Crippen LogP contribution < -0.4 is 0 Å². The molecule has 1 amide bonds. The average Bonchev–Trinajstić information content (AvgIpc) is 2.65. The summed E-state index contributed by atoms with van der Waals surface area (Å²) in [7, 11) is 0. The second-order valence-corrected chi connectivity index (χ2v) is 5.06. The molecule has 0 saturated heterocycles. The van der Waals surface area contributed by atoms with Crippen LogP contribution in [0.3, 0.4) is 0 Å². The van der Waals surface area contributed by atoms with Gasteiger partial charge in [-0.2, -0.15) is 5.10 Å². The molecular formula is C13H15N3O3. The lowest BCUT2D eigenvalue weighted by Crippen LogP contribution is -2.35. The second kappa shape index (κ2) is 4.22. The van der Waals surface area contributed by atoms with Crippen molar-refractivity contribution >= 4 is 11.9 Å². The lowest BCUT2D eigenvalue weighted by atomic mass is 10.0. The van der Waals surface area contributed by atoms with Gasteiger partial charge < -0.3 is 10.0 Å².